The van der Waals surface area contributed by atoms with E-state index in [4.69, 9.17) is 4.74 Å². The molecule has 0 saturated carbocycles. The van der Waals surface area contributed by atoms with E-state index in [1.165, 1.54) is 5.56 Å². The average Bonchev–Trinajstić information content (AvgIpc) is 2.62. The number of halogens is 2. The quantitative estimate of drug-likeness (QED) is 0.361. The van der Waals surface area contributed by atoms with E-state index in [2.05, 4.69) is 81.0 Å². The van der Waals surface area contributed by atoms with E-state index in [-0.39, 0.29) is 0 Å². The van der Waals surface area contributed by atoms with Crippen molar-refractivity contribution in [1.29, 1.82) is 0 Å². The van der Waals surface area contributed by atoms with Crippen molar-refractivity contribution in [2.45, 2.75) is 20.5 Å². The highest BCUT2D eigenvalue weighted by atomic mass is 79.9. The summed E-state index contributed by atoms with van der Waals surface area (Å²) < 4.78 is 7.78. The molecule has 0 aliphatic carbocycles. The van der Waals surface area contributed by atoms with Crippen LogP contribution < -0.4 is 4.74 Å². The maximum absolute atomic E-state index is 5.99. The molecule has 0 atom stereocenters. The molecule has 0 fully saturated rings. The molecule has 4 heteroatoms. The molecule has 0 radical (unpaired) electrons. The van der Waals surface area contributed by atoms with E-state index in [0.29, 0.717) is 6.61 Å². The Hall–Kier alpha value is -1.91. The normalized spacial score (nSPS) is 11.1. The van der Waals surface area contributed by atoms with E-state index in [0.717, 1.165) is 37.1 Å². The predicted molar refractivity (Wildman–Crippen MR) is 116 cm³/mol. The van der Waals surface area contributed by atoms with Crippen molar-refractivity contribution in [3.8, 4) is 5.75 Å². The SMILES string of the molecule is Cc1ccc(COc2c(Br)cc(C=Nc3ccccc3C)cc2Br)cc1. The topological polar surface area (TPSA) is 21.6 Å². The standard InChI is InChI=1S/C22H19Br2NO/c1-15-7-9-17(10-8-15)14-26-22-19(23)11-18(12-20(22)24)13-25-21-6-4-3-5-16(21)2/h3-13H,14H2,1-2H3. The van der Waals surface area contributed by atoms with E-state index < -0.39 is 0 Å². The average molecular weight is 473 g/mol. The lowest BCUT2D eigenvalue weighted by Crippen LogP contribution is -1.98. The fraction of sp³-hybridized carbons (Fsp3) is 0.136. The van der Waals surface area contributed by atoms with Gasteiger partial charge in [-0.25, -0.2) is 0 Å². The summed E-state index contributed by atoms with van der Waals surface area (Å²) in [6.45, 7) is 4.66. The number of benzene rings is 3. The number of para-hydroxylation sites is 1. The van der Waals surface area contributed by atoms with Gasteiger partial charge in [-0.1, -0.05) is 48.0 Å². The molecule has 3 rings (SSSR count). The van der Waals surface area contributed by atoms with Gasteiger partial charge in [0.15, 0.2) is 0 Å². The molecular formula is C22H19Br2NO. The Bertz CT molecular complexity index is 910. The Labute approximate surface area is 171 Å². The number of hydrogen-bond acceptors (Lipinski definition) is 2. The highest BCUT2D eigenvalue weighted by Crippen LogP contribution is 2.35. The summed E-state index contributed by atoms with van der Waals surface area (Å²) in [7, 11) is 0. The van der Waals surface area contributed by atoms with Gasteiger partial charge in [0.25, 0.3) is 0 Å². The highest BCUT2D eigenvalue weighted by molar-refractivity contribution is 9.11. The molecule has 3 aromatic rings. The monoisotopic (exact) mass is 471 g/mol. The van der Waals surface area contributed by atoms with Crippen molar-refractivity contribution >= 4 is 43.8 Å². The van der Waals surface area contributed by atoms with Crippen LogP contribution in [-0.2, 0) is 6.61 Å². The smallest absolute Gasteiger partial charge is 0.148 e. The zero-order valence-electron chi connectivity index (χ0n) is 14.7. The minimum absolute atomic E-state index is 0.522. The van der Waals surface area contributed by atoms with Gasteiger partial charge < -0.3 is 4.74 Å². The van der Waals surface area contributed by atoms with Crippen molar-refractivity contribution in [2.75, 3.05) is 0 Å². The molecule has 3 aromatic carbocycles. The van der Waals surface area contributed by atoms with Gasteiger partial charge in [0, 0.05) is 6.21 Å². The fourth-order valence-corrected chi connectivity index (χ4v) is 3.93. The van der Waals surface area contributed by atoms with Crippen LogP contribution in [0.1, 0.15) is 22.3 Å². The van der Waals surface area contributed by atoms with Crippen LogP contribution in [-0.4, -0.2) is 6.21 Å². The molecule has 0 bridgehead atoms. The number of hydrogen-bond donors (Lipinski definition) is 0. The first-order valence-corrected chi connectivity index (χ1v) is 9.88. The molecule has 0 amide bonds. The molecule has 0 N–H and O–H groups in total. The summed E-state index contributed by atoms with van der Waals surface area (Å²) in [5, 5.41) is 0. The fourth-order valence-electron chi connectivity index (χ4n) is 2.48. The molecule has 0 heterocycles. The first-order chi connectivity index (χ1) is 12.5. The summed E-state index contributed by atoms with van der Waals surface area (Å²) in [6.07, 6.45) is 1.86. The van der Waals surface area contributed by atoms with Crippen LogP contribution in [0.2, 0.25) is 0 Å². The maximum atomic E-state index is 5.99. The van der Waals surface area contributed by atoms with Gasteiger partial charge >= 0.3 is 0 Å². The summed E-state index contributed by atoms with van der Waals surface area (Å²) in [5.74, 6) is 0.790. The van der Waals surface area contributed by atoms with Crippen molar-refractivity contribution in [1.82, 2.24) is 0 Å². The van der Waals surface area contributed by atoms with Gasteiger partial charge in [0.1, 0.15) is 12.4 Å². The van der Waals surface area contributed by atoms with E-state index in [1.807, 2.05) is 36.5 Å². The molecule has 26 heavy (non-hydrogen) atoms. The van der Waals surface area contributed by atoms with Crippen LogP contribution in [0.4, 0.5) is 5.69 Å². The van der Waals surface area contributed by atoms with Gasteiger partial charge in [-0.05, 0) is 80.6 Å². The summed E-state index contributed by atoms with van der Waals surface area (Å²) in [4.78, 5) is 4.58. The van der Waals surface area contributed by atoms with Gasteiger partial charge in [0.2, 0.25) is 0 Å². The lowest BCUT2D eigenvalue weighted by Gasteiger charge is -2.11. The molecule has 132 valence electrons. The lowest BCUT2D eigenvalue weighted by molar-refractivity contribution is 0.302. The first-order valence-electron chi connectivity index (χ1n) is 8.30. The second kappa shape index (κ2) is 8.65. The third-order valence-electron chi connectivity index (χ3n) is 3.99. The Morgan fingerprint density at radius 2 is 1.58 bits per heavy atom. The molecule has 2 nitrogen and oxygen atoms in total. The van der Waals surface area contributed by atoms with Crippen LogP contribution in [0.15, 0.2) is 74.6 Å². The highest BCUT2D eigenvalue weighted by Gasteiger charge is 2.09. The largest absolute Gasteiger partial charge is 0.487 e. The zero-order valence-corrected chi connectivity index (χ0v) is 17.8. The number of rotatable bonds is 5. The third kappa shape index (κ3) is 4.83. The van der Waals surface area contributed by atoms with Crippen molar-refractivity contribution in [3.63, 3.8) is 0 Å². The molecule has 0 aliphatic rings. The molecular weight excluding hydrogens is 454 g/mol. The molecule has 0 saturated heterocycles. The van der Waals surface area contributed by atoms with Gasteiger partial charge in [-0.3, -0.25) is 4.99 Å². The molecule has 0 aliphatic heterocycles. The Morgan fingerprint density at radius 3 is 2.23 bits per heavy atom. The van der Waals surface area contributed by atoms with Crippen LogP contribution in [0, 0.1) is 13.8 Å². The van der Waals surface area contributed by atoms with Crippen LogP contribution in [0.3, 0.4) is 0 Å². The Kier molecular flexibility index (Phi) is 6.28. The summed E-state index contributed by atoms with van der Waals surface area (Å²) >= 11 is 7.21. The zero-order chi connectivity index (χ0) is 18.5. The van der Waals surface area contributed by atoms with Crippen LogP contribution in [0.25, 0.3) is 0 Å². The maximum Gasteiger partial charge on any atom is 0.148 e. The Morgan fingerprint density at radius 1 is 0.923 bits per heavy atom. The second-order valence-electron chi connectivity index (χ2n) is 6.13. The van der Waals surface area contributed by atoms with Gasteiger partial charge in [-0.2, -0.15) is 0 Å². The Balaban J connectivity index is 1.75. The molecule has 0 spiro atoms. The van der Waals surface area contributed by atoms with Crippen LogP contribution in [0.5, 0.6) is 5.75 Å². The third-order valence-corrected chi connectivity index (χ3v) is 5.17. The van der Waals surface area contributed by atoms with Gasteiger partial charge in [-0.15, -0.1) is 0 Å². The lowest BCUT2D eigenvalue weighted by atomic mass is 10.2. The number of aliphatic imine (C=N–C) groups is 1. The van der Waals surface area contributed by atoms with E-state index in [1.54, 1.807) is 0 Å². The number of nitrogens with zero attached hydrogens (tertiary/aromatic N) is 1. The first kappa shape index (κ1) is 18.9. The van der Waals surface area contributed by atoms with Crippen LogP contribution >= 0.6 is 31.9 Å². The van der Waals surface area contributed by atoms with E-state index in [9.17, 15) is 0 Å². The molecule has 0 aromatic heterocycles. The van der Waals surface area contributed by atoms with Gasteiger partial charge in [0.05, 0.1) is 14.6 Å². The minimum Gasteiger partial charge on any atom is -0.487 e. The van der Waals surface area contributed by atoms with Crippen molar-refractivity contribution < 1.29 is 4.74 Å². The predicted octanol–water partition coefficient (Wildman–Crippen LogP) is 7.16. The second-order valence-corrected chi connectivity index (χ2v) is 7.84. The molecule has 0 unspecified atom stereocenters. The summed E-state index contributed by atoms with van der Waals surface area (Å²) in [5.41, 5.74) is 5.50. The number of ether oxygens (including phenoxy) is 1. The minimum atomic E-state index is 0.522. The van der Waals surface area contributed by atoms with E-state index >= 15 is 0 Å². The number of aryl methyl sites for hydroxylation is 2. The van der Waals surface area contributed by atoms with Crippen molar-refractivity contribution in [2.24, 2.45) is 4.99 Å². The van der Waals surface area contributed by atoms with Crippen molar-refractivity contribution in [3.05, 3.63) is 91.9 Å². The summed E-state index contributed by atoms with van der Waals surface area (Å²) in [6, 6.07) is 20.4.